The summed E-state index contributed by atoms with van der Waals surface area (Å²) in [5.74, 6) is 1.58. The first-order valence-electron chi connectivity index (χ1n) is 9.24. The standard InChI is InChI=1S/C19H27N5O2/c1-14-21-18(23-22-14)13-20-19(26)24-11-9-16(10-12-24)17(25)8-7-15-5-3-2-4-6-15/h2-6,16-17,25H,7-13H2,1H3,(H,20,26)(H,21,22,23). The molecule has 1 unspecified atom stereocenters. The normalized spacial score (nSPS) is 16.5. The van der Waals surface area contributed by atoms with Gasteiger partial charge >= 0.3 is 6.03 Å². The number of H-pyrrole nitrogens is 1. The fourth-order valence-electron chi connectivity index (χ4n) is 3.42. The first-order chi connectivity index (χ1) is 12.6. The van der Waals surface area contributed by atoms with E-state index in [1.54, 1.807) is 4.90 Å². The van der Waals surface area contributed by atoms with Crippen molar-refractivity contribution in [2.24, 2.45) is 5.92 Å². The lowest BCUT2D eigenvalue weighted by atomic mass is 9.88. The largest absolute Gasteiger partial charge is 0.393 e. The lowest BCUT2D eigenvalue weighted by molar-refractivity contribution is 0.0610. The third-order valence-corrected chi connectivity index (χ3v) is 4.98. The van der Waals surface area contributed by atoms with E-state index in [0.29, 0.717) is 25.5 Å². The fourth-order valence-corrected chi connectivity index (χ4v) is 3.42. The van der Waals surface area contributed by atoms with Crippen molar-refractivity contribution in [3.63, 3.8) is 0 Å². The topological polar surface area (TPSA) is 94.1 Å². The van der Waals surface area contributed by atoms with Crippen LogP contribution in [0.3, 0.4) is 0 Å². The molecule has 0 bridgehead atoms. The highest BCUT2D eigenvalue weighted by Gasteiger charge is 2.27. The van der Waals surface area contributed by atoms with Crippen molar-refractivity contribution in [1.82, 2.24) is 25.4 Å². The molecular weight excluding hydrogens is 330 g/mol. The summed E-state index contributed by atoms with van der Waals surface area (Å²) in [6.07, 6.45) is 3.02. The Hall–Kier alpha value is -2.41. The number of aromatic amines is 1. The molecule has 0 aliphatic carbocycles. The molecule has 26 heavy (non-hydrogen) atoms. The summed E-state index contributed by atoms with van der Waals surface area (Å²) < 4.78 is 0. The molecule has 1 aromatic carbocycles. The highest BCUT2D eigenvalue weighted by molar-refractivity contribution is 5.74. The van der Waals surface area contributed by atoms with Gasteiger partial charge in [-0.15, -0.1) is 0 Å². The molecule has 3 rings (SSSR count). The van der Waals surface area contributed by atoms with Crippen molar-refractivity contribution in [3.8, 4) is 0 Å². The predicted molar refractivity (Wildman–Crippen MR) is 98.4 cm³/mol. The Morgan fingerprint density at radius 1 is 1.35 bits per heavy atom. The number of hydrogen-bond acceptors (Lipinski definition) is 4. The molecule has 7 nitrogen and oxygen atoms in total. The molecule has 1 aliphatic rings. The maximum atomic E-state index is 12.3. The number of aliphatic hydroxyl groups excluding tert-OH is 1. The van der Waals surface area contributed by atoms with E-state index in [2.05, 4.69) is 32.6 Å². The molecule has 140 valence electrons. The number of nitrogens with zero attached hydrogens (tertiary/aromatic N) is 3. The second kappa shape index (κ2) is 8.80. The van der Waals surface area contributed by atoms with E-state index in [0.717, 1.165) is 31.5 Å². The van der Waals surface area contributed by atoms with Gasteiger partial charge in [0.05, 0.1) is 12.6 Å². The van der Waals surface area contributed by atoms with Crippen molar-refractivity contribution in [1.29, 1.82) is 0 Å². The van der Waals surface area contributed by atoms with Crippen LogP contribution in [-0.2, 0) is 13.0 Å². The molecule has 1 aromatic heterocycles. The minimum Gasteiger partial charge on any atom is -0.393 e. The van der Waals surface area contributed by atoms with Crippen LogP contribution in [0.1, 0.15) is 36.5 Å². The number of likely N-dealkylation sites (tertiary alicyclic amines) is 1. The molecule has 1 fully saturated rings. The molecule has 1 aliphatic heterocycles. The van der Waals surface area contributed by atoms with Gasteiger partial charge < -0.3 is 15.3 Å². The number of nitrogens with one attached hydrogen (secondary N) is 2. The average molecular weight is 357 g/mol. The second-order valence-electron chi connectivity index (χ2n) is 6.91. The number of urea groups is 1. The number of aromatic nitrogens is 3. The van der Waals surface area contributed by atoms with Crippen molar-refractivity contribution in [3.05, 3.63) is 47.5 Å². The average Bonchev–Trinajstić information content (AvgIpc) is 3.10. The van der Waals surface area contributed by atoms with Crippen LogP contribution < -0.4 is 5.32 Å². The number of hydrogen-bond donors (Lipinski definition) is 3. The minimum atomic E-state index is -0.309. The van der Waals surface area contributed by atoms with Gasteiger partial charge in [0.1, 0.15) is 5.82 Å². The van der Waals surface area contributed by atoms with Crippen molar-refractivity contribution in [2.75, 3.05) is 13.1 Å². The third-order valence-electron chi connectivity index (χ3n) is 4.98. The third kappa shape index (κ3) is 5.05. The van der Waals surface area contributed by atoms with E-state index in [1.807, 2.05) is 25.1 Å². The Balaban J connectivity index is 1.38. The minimum absolute atomic E-state index is 0.0929. The summed E-state index contributed by atoms with van der Waals surface area (Å²) in [5.41, 5.74) is 1.26. The van der Waals surface area contributed by atoms with Crippen LogP contribution in [0.25, 0.3) is 0 Å². The van der Waals surface area contributed by atoms with Gasteiger partial charge in [0.15, 0.2) is 5.82 Å². The Labute approximate surface area is 153 Å². The van der Waals surface area contributed by atoms with Gasteiger partial charge in [-0.2, -0.15) is 5.10 Å². The van der Waals surface area contributed by atoms with Crippen LogP contribution in [0.15, 0.2) is 30.3 Å². The number of aliphatic hydroxyl groups is 1. The Morgan fingerprint density at radius 3 is 2.73 bits per heavy atom. The molecule has 3 N–H and O–H groups in total. The van der Waals surface area contributed by atoms with Crippen LogP contribution in [-0.4, -0.2) is 50.4 Å². The molecule has 0 radical (unpaired) electrons. The van der Waals surface area contributed by atoms with Crippen LogP contribution in [0.4, 0.5) is 4.79 Å². The zero-order valence-electron chi connectivity index (χ0n) is 15.2. The van der Waals surface area contributed by atoms with Crippen LogP contribution in [0, 0.1) is 12.8 Å². The van der Waals surface area contributed by atoms with Gasteiger partial charge in [-0.3, -0.25) is 5.10 Å². The van der Waals surface area contributed by atoms with E-state index >= 15 is 0 Å². The highest BCUT2D eigenvalue weighted by atomic mass is 16.3. The number of piperidine rings is 1. The summed E-state index contributed by atoms with van der Waals surface area (Å²) in [5, 5.41) is 20.1. The molecule has 0 saturated carbocycles. The Morgan fingerprint density at radius 2 is 2.08 bits per heavy atom. The van der Waals surface area contributed by atoms with E-state index in [4.69, 9.17) is 0 Å². The number of carbonyl (C=O) groups excluding carboxylic acids is 1. The predicted octanol–water partition coefficient (Wildman–Crippen LogP) is 2.03. The van der Waals surface area contributed by atoms with Crippen molar-refractivity contribution < 1.29 is 9.90 Å². The van der Waals surface area contributed by atoms with Gasteiger partial charge in [-0.25, -0.2) is 9.78 Å². The maximum absolute atomic E-state index is 12.3. The van der Waals surface area contributed by atoms with E-state index in [9.17, 15) is 9.90 Å². The molecule has 1 saturated heterocycles. The second-order valence-corrected chi connectivity index (χ2v) is 6.91. The van der Waals surface area contributed by atoms with E-state index < -0.39 is 0 Å². The quantitative estimate of drug-likeness (QED) is 0.737. The van der Waals surface area contributed by atoms with Crippen LogP contribution >= 0.6 is 0 Å². The van der Waals surface area contributed by atoms with Crippen molar-refractivity contribution in [2.45, 2.75) is 45.3 Å². The fraction of sp³-hybridized carbons (Fsp3) is 0.526. The smallest absolute Gasteiger partial charge is 0.317 e. The number of benzene rings is 1. The van der Waals surface area contributed by atoms with Gasteiger partial charge in [-0.1, -0.05) is 30.3 Å². The summed E-state index contributed by atoms with van der Waals surface area (Å²) in [7, 11) is 0. The first kappa shape index (κ1) is 18.4. The molecule has 7 heteroatoms. The number of aryl methyl sites for hydroxylation is 2. The molecular formula is C19H27N5O2. The summed E-state index contributed by atoms with van der Waals surface area (Å²) in [4.78, 5) is 18.2. The first-order valence-corrected chi connectivity index (χ1v) is 9.24. The summed E-state index contributed by atoms with van der Waals surface area (Å²) in [6, 6.07) is 10.1. The monoisotopic (exact) mass is 357 g/mol. The number of amides is 2. The number of rotatable bonds is 6. The molecule has 2 aromatic rings. The van der Waals surface area contributed by atoms with Crippen molar-refractivity contribution >= 4 is 6.03 Å². The molecule has 1 atom stereocenters. The zero-order valence-corrected chi connectivity index (χ0v) is 15.2. The Kier molecular flexibility index (Phi) is 6.22. The summed E-state index contributed by atoms with van der Waals surface area (Å²) in [6.45, 7) is 3.49. The van der Waals surface area contributed by atoms with Crippen LogP contribution in [0.5, 0.6) is 0 Å². The van der Waals surface area contributed by atoms with E-state index in [1.165, 1.54) is 5.56 Å². The van der Waals surface area contributed by atoms with Crippen LogP contribution in [0.2, 0.25) is 0 Å². The van der Waals surface area contributed by atoms with Gasteiger partial charge in [-0.05, 0) is 44.1 Å². The van der Waals surface area contributed by atoms with Gasteiger partial charge in [0.25, 0.3) is 0 Å². The van der Waals surface area contributed by atoms with E-state index in [-0.39, 0.29) is 18.1 Å². The summed E-state index contributed by atoms with van der Waals surface area (Å²) >= 11 is 0. The number of carbonyl (C=O) groups is 1. The van der Waals surface area contributed by atoms with Gasteiger partial charge in [0, 0.05) is 13.1 Å². The zero-order chi connectivity index (χ0) is 18.4. The lowest BCUT2D eigenvalue weighted by Gasteiger charge is -2.34. The lowest BCUT2D eigenvalue weighted by Crippen LogP contribution is -2.45. The Bertz CT molecular complexity index is 695. The van der Waals surface area contributed by atoms with Gasteiger partial charge in [0.2, 0.25) is 0 Å². The molecule has 2 amide bonds. The SMILES string of the molecule is Cc1nc(CNC(=O)N2CCC(C(O)CCc3ccccc3)CC2)n[nH]1. The maximum Gasteiger partial charge on any atom is 0.317 e. The molecule has 0 spiro atoms. The highest BCUT2D eigenvalue weighted by Crippen LogP contribution is 2.23. The molecule has 2 heterocycles.